The lowest BCUT2D eigenvalue weighted by atomic mass is 10.2. The van der Waals surface area contributed by atoms with Crippen molar-refractivity contribution in [3.05, 3.63) is 43.9 Å². The number of nitrogens with zero attached hydrogens (tertiary/aromatic N) is 3. The zero-order chi connectivity index (χ0) is 19.4. The Balaban J connectivity index is 1.63. The Morgan fingerprint density at radius 3 is 2.81 bits per heavy atom. The number of nitro benzene ring substituents is 1. The molecule has 27 heavy (non-hydrogen) atoms. The molecule has 0 aliphatic carbocycles. The van der Waals surface area contributed by atoms with Crippen molar-refractivity contribution < 1.29 is 23.6 Å². The molecule has 0 saturated carbocycles. The number of benzene rings is 1. The highest BCUT2D eigenvalue weighted by Crippen LogP contribution is 2.29. The van der Waals surface area contributed by atoms with Gasteiger partial charge in [-0.2, -0.15) is 4.68 Å². The van der Waals surface area contributed by atoms with E-state index in [-0.39, 0.29) is 35.0 Å². The molecule has 0 atom stereocenters. The Morgan fingerprint density at radius 2 is 2.15 bits per heavy atom. The van der Waals surface area contributed by atoms with Crippen LogP contribution in [-0.4, -0.2) is 46.7 Å². The monoisotopic (exact) mass is 398 g/mol. The number of carbonyl (C=O) groups is 1. The first-order valence-corrected chi connectivity index (χ1v) is 8.34. The van der Waals surface area contributed by atoms with Crippen LogP contribution in [0, 0.1) is 10.1 Å². The summed E-state index contributed by atoms with van der Waals surface area (Å²) in [5.74, 6) is -1.43. The van der Waals surface area contributed by atoms with Crippen LogP contribution in [0.25, 0.3) is 11.5 Å². The van der Waals surface area contributed by atoms with Crippen LogP contribution >= 0.6 is 11.6 Å². The maximum absolute atomic E-state index is 11.9. The third kappa shape index (κ3) is 4.70. The average molecular weight is 399 g/mol. The summed E-state index contributed by atoms with van der Waals surface area (Å²) in [5, 5.41) is 17.3. The second-order valence-corrected chi connectivity index (χ2v) is 5.97. The molecular formula is C15H15ClN4O7. The van der Waals surface area contributed by atoms with Crippen LogP contribution in [0.1, 0.15) is 6.42 Å². The van der Waals surface area contributed by atoms with Crippen molar-refractivity contribution in [2.45, 2.75) is 19.3 Å². The van der Waals surface area contributed by atoms with Gasteiger partial charge in [0.1, 0.15) is 6.54 Å². The van der Waals surface area contributed by atoms with Gasteiger partial charge in [0.05, 0.1) is 28.7 Å². The maximum Gasteiger partial charge on any atom is 0.437 e. The molecule has 1 fully saturated rings. The number of carbonyl (C=O) groups excluding carboxylic acids is 1. The summed E-state index contributed by atoms with van der Waals surface area (Å²) < 4.78 is 16.3. The molecule has 0 unspecified atom stereocenters. The Kier molecular flexibility index (Phi) is 5.84. The van der Waals surface area contributed by atoms with Crippen LogP contribution in [0.4, 0.5) is 5.69 Å². The maximum atomic E-state index is 11.9. The number of hydrogen-bond donors (Lipinski definition) is 1. The van der Waals surface area contributed by atoms with Crippen LogP contribution in [0.2, 0.25) is 5.02 Å². The molecule has 1 aliphatic rings. The molecule has 1 amide bonds. The number of halogens is 1. The molecule has 1 saturated heterocycles. The van der Waals surface area contributed by atoms with Crippen LogP contribution < -0.4 is 11.1 Å². The van der Waals surface area contributed by atoms with Crippen molar-refractivity contribution in [2.75, 3.05) is 19.8 Å². The zero-order valence-electron chi connectivity index (χ0n) is 13.9. The van der Waals surface area contributed by atoms with Gasteiger partial charge in [0.2, 0.25) is 5.91 Å². The molecule has 0 radical (unpaired) electrons. The molecule has 2 heterocycles. The van der Waals surface area contributed by atoms with Crippen molar-refractivity contribution in [3.63, 3.8) is 0 Å². The average Bonchev–Trinajstić information content (AvgIpc) is 3.25. The standard InChI is InChI=1S/C15H15ClN4O7/c16-11-7-9(20(23)24)1-2-10(11)14-18-19(15(22)27-14)8-12(21)17-4-3-13-25-5-6-26-13/h1-2,7,13H,3-6,8H2,(H,17,21). The second-order valence-electron chi connectivity index (χ2n) is 5.56. The molecule has 12 heteroatoms. The predicted octanol–water partition coefficient (Wildman–Crippen LogP) is 0.944. The van der Waals surface area contributed by atoms with Gasteiger partial charge in [-0.15, -0.1) is 5.10 Å². The van der Waals surface area contributed by atoms with Crippen molar-refractivity contribution >= 4 is 23.2 Å². The van der Waals surface area contributed by atoms with Crippen LogP contribution in [0.3, 0.4) is 0 Å². The first-order valence-electron chi connectivity index (χ1n) is 7.96. The fourth-order valence-corrected chi connectivity index (χ4v) is 2.66. The van der Waals surface area contributed by atoms with E-state index >= 15 is 0 Å². The van der Waals surface area contributed by atoms with E-state index in [2.05, 4.69) is 10.4 Å². The summed E-state index contributed by atoms with van der Waals surface area (Å²) >= 11 is 5.99. The molecule has 144 valence electrons. The lowest BCUT2D eigenvalue weighted by Crippen LogP contribution is -2.33. The van der Waals surface area contributed by atoms with Crippen LogP contribution in [-0.2, 0) is 20.8 Å². The Labute approximate surface area is 157 Å². The molecule has 1 N–H and O–H groups in total. The van der Waals surface area contributed by atoms with Gasteiger partial charge in [0.25, 0.3) is 11.6 Å². The summed E-state index contributed by atoms with van der Waals surface area (Å²) in [6.45, 7) is 1.03. The highest BCUT2D eigenvalue weighted by Gasteiger charge is 2.19. The minimum Gasteiger partial charge on any atom is -0.388 e. The number of non-ortho nitro benzene ring substituents is 1. The van der Waals surface area contributed by atoms with Crippen molar-refractivity contribution in [3.8, 4) is 11.5 Å². The molecule has 11 nitrogen and oxygen atoms in total. The van der Waals surface area contributed by atoms with Gasteiger partial charge < -0.3 is 19.2 Å². The van der Waals surface area contributed by atoms with E-state index in [1.54, 1.807) is 0 Å². The van der Waals surface area contributed by atoms with E-state index in [1.165, 1.54) is 12.1 Å². The van der Waals surface area contributed by atoms with Gasteiger partial charge in [-0.3, -0.25) is 14.9 Å². The van der Waals surface area contributed by atoms with E-state index in [1.807, 2.05) is 0 Å². The Hall–Kier alpha value is -2.76. The SMILES string of the molecule is O=C(Cn1nc(-c2ccc([N+](=O)[O-])cc2Cl)oc1=O)NCCC1OCCO1. The highest BCUT2D eigenvalue weighted by molar-refractivity contribution is 6.33. The number of nitro groups is 1. The van der Waals surface area contributed by atoms with Crippen LogP contribution in [0.5, 0.6) is 0 Å². The molecule has 0 spiro atoms. The number of aromatic nitrogens is 2. The van der Waals surface area contributed by atoms with E-state index < -0.39 is 16.6 Å². The molecule has 1 aromatic carbocycles. The summed E-state index contributed by atoms with van der Waals surface area (Å²) in [6.07, 6.45) is 0.152. The van der Waals surface area contributed by atoms with Crippen molar-refractivity contribution in [1.29, 1.82) is 0 Å². The summed E-state index contributed by atoms with van der Waals surface area (Å²) in [7, 11) is 0. The van der Waals surface area contributed by atoms with E-state index in [0.29, 0.717) is 26.2 Å². The molecule has 3 rings (SSSR count). The van der Waals surface area contributed by atoms with Crippen molar-refractivity contribution in [1.82, 2.24) is 15.1 Å². The first-order chi connectivity index (χ1) is 12.9. The van der Waals surface area contributed by atoms with Gasteiger partial charge in [-0.25, -0.2) is 4.79 Å². The number of amides is 1. The molecule has 1 aliphatic heterocycles. The fourth-order valence-electron chi connectivity index (χ4n) is 2.40. The van der Waals surface area contributed by atoms with E-state index in [9.17, 15) is 19.7 Å². The lowest BCUT2D eigenvalue weighted by Gasteiger charge is -2.09. The second kappa shape index (κ2) is 8.29. The number of rotatable bonds is 7. The smallest absolute Gasteiger partial charge is 0.388 e. The van der Waals surface area contributed by atoms with Gasteiger partial charge in [-0.05, 0) is 6.07 Å². The van der Waals surface area contributed by atoms with Gasteiger partial charge in [0, 0.05) is 25.1 Å². The summed E-state index contributed by atoms with van der Waals surface area (Å²) in [4.78, 5) is 34.0. The third-order valence-electron chi connectivity index (χ3n) is 3.69. The van der Waals surface area contributed by atoms with Crippen LogP contribution in [0.15, 0.2) is 27.4 Å². The van der Waals surface area contributed by atoms with Gasteiger partial charge in [-0.1, -0.05) is 11.6 Å². The van der Waals surface area contributed by atoms with E-state index in [4.69, 9.17) is 25.5 Å². The van der Waals surface area contributed by atoms with Gasteiger partial charge in [0.15, 0.2) is 6.29 Å². The van der Waals surface area contributed by atoms with Gasteiger partial charge >= 0.3 is 5.76 Å². The normalized spacial score (nSPS) is 14.4. The van der Waals surface area contributed by atoms with Crippen molar-refractivity contribution in [2.24, 2.45) is 0 Å². The number of hydrogen-bond acceptors (Lipinski definition) is 8. The topological polar surface area (TPSA) is 139 Å². The zero-order valence-corrected chi connectivity index (χ0v) is 14.7. The quantitative estimate of drug-likeness (QED) is 0.537. The predicted molar refractivity (Wildman–Crippen MR) is 91.2 cm³/mol. The number of nitrogens with one attached hydrogen (secondary N) is 1. The third-order valence-corrected chi connectivity index (χ3v) is 4.00. The molecule has 2 aromatic rings. The fraction of sp³-hybridized carbons (Fsp3) is 0.400. The van der Waals surface area contributed by atoms with E-state index in [0.717, 1.165) is 10.7 Å². The lowest BCUT2D eigenvalue weighted by molar-refractivity contribution is -0.384. The molecule has 0 bridgehead atoms. The molecular weight excluding hydrogens is 384 g/mol. The minimum absolute atomic E-state index is 0.00128. The number of ether oxygens (including phenoxy) is 2. The Morgan fingerprint density at radius 1 is 1.41 bits per heavy atom. The Bertz CT molecular complexity index is 904. The highest BCUT2D eigenvalue weighted by atomic mass is 35.5. The minimum atomic E-state index is -0.850. The summed E-state index contributed by atoms with van der Waals surface area (Å²) in [6, 6.07) is 3.65. The largest absolute Gasteiger partial charge is 0.437 e. The summed E-state index contributed by atoms with van der Waals surface area (Å²) in [5.41, 5.74) is -0.00538. The molecule has 1 aromatic heterocycles. The first kappa shape index (κ1) is 19.0.